The Kier molecular flexibility index (Phi) is 4.01. The fraction of sp³-hybridized carbons (Fsp3) is 0.154. The summed E-state index contributed by atoms with van der Waals surface area (Å²) in [6, 6.07) is 1.83. The third kappa shape index (κ3) is 2.84. The van der Waals surface area contributed by atoms with Crippen molar-refractivity contribution < 1.29 is 13.6 Å². The van der Waals surface area contributed by atoms with E-state index < -0.39 is 17.5 Å². The molecule has 0 aliphatic heterocycles. The molecule has 0 saturated heterocycles. The van der Waals surface area contributed by atoms with Crippen LogP contribution in [0, 0.1) is 25.5 Å². The number of nitrogens with one attached hydrogen (secondary N) is 1. The molecule has 0 radical (unpaired) electrons. The zero-order chi connectivity index (χ0) is 14.2. The van der Waals surface area contributed by atoms with Gasteiger partial charge in [0.05, 0.1) is 11.3 Å². The molecule has 2 aromatic rings. The summed E-state index contributed by atoms with van der Waals surface area (Å²) in [4.78, 5) is 13.1. The number of carbonyl (C=O) groups excluding carboxylic acids is 1. The van der Waals surface area contributed by atoms with Crippen LogP contribution in [0.2, 0.25) is 0 Å². The van der Waals surface area contributed by atoms with Gasteiger partial charge in [0.25, 0.3) is 5.91 Å². The average molecular weight is 346 g/mol. The number of amides is 1. The summed E-state index contributed by atoms with van der Waals surface area (Å²) in [5.74, 6) is -1.93. The minimum atomic E-state index is -0.815. The molecule has 0 bridgehead atoms. The minimum Gasteiger partial charge on any atom is -0.318 e. The molecule has 6 heteroatoms. The number of hydrogen-bond acceptors (Lipinski definition) is 2. The molecule has 0 aliphatic rings. The van der Waals surface area contributed by atoms with E-state index in [1.807, 2.05) is 13.8 Å². The van der Waals surface area contributed by atoms with Gasteiger partial charge in [0.1, 0.15) is 5.82 Å². The average Bonchev–Trinajstić information content (AvgIpc) is 2.64. The van der Waals surface area contributed by atoms with E-state index in [-0.39, 0.29) is 10.2 Å². The summed E-state index contributed by atoms with van der Waals surface area (Å²) >= 11 is 4.49. The quantitative estimate of drug-likeness (QED) is 0.842. The number of hydrogen-bond donors (Lipinski definition) is 1. The molecule has 2 nitrogen and oxygen atoms in total. The van der Waals surface area contributed by atoms with Gasteiger partial charge < -0.3 is 5.32 Å². The molecule has 1 aromatic carbocycles. The lowest BCUT2D eigenvalue weighted by Gasteiger charge is -2.08. The summed E-state index contributed by atoms with van der Waals surface area (Å²) in [6.45, 7) is 3.74. The van der Waals surface area contributed by atoms with E-state index in [2.05, 4.69) is 21.2 Å². The van der Waals surface area contributed by atoms with Crippen LogP contribution in [0.4, 0.5) is 14.5 Å². The number of thiophene rings is 1. The second kappa shape index (κ2) is 5.38. The van der Waals surface area contributed by atoms with Crippen LogP contribution in [-0.2, 0) is 0 Å². The lowest BCUT2D eigenvalue weighted by molar-refractivity contribution is 0.102. The van der Waals surface area contributed by atoms with Gasteiger partial charge >= 0.3 is 0 Å². The summed E-state index contributed by atoms with van der Waals surface area (Å²) in [7, 11) is 0. The predicted octanol–water partition coefficient (Wildman–Crippen LogP) is 4.66. The van der Waals surface area contributed by atoms with Gasteiger partial charge in [0.2, 0.25) is 0 Å². The van der Waals surface area contributed by atoms with Crippen molar-refractivity contribution in [2.24, 2.45) is 0 Å². The largest absolute Gasteiger partial charge is 0.318 e. The molecule has 0 aliphatic carbocycles. The highest BCUT2D eigenvalue weighted by atomic mass is 79.9. The first kappa shape index (κ1) is 14.1. The zero-order valence-corrected chi connectivity index (χ0v) is 12.6. The van der Waals surface area contributed by atoms with Crippen LogP contribution in [0.25, 0.3) is 0 Å². The molecular weight excluding hydrogens is 336 g/mol. The first-order valence-corrected chi connectivity index (χ1v) is 7.08. The first-order chi connectivity index (χ1) is 8.90. The van der Waals surface area contributed by atoms with Gasteiger partial charge in [-0.3, -0.25) is 4.79 Å². The van der Waals surface area contributed by atoms with E-state index in [1.165, 1.54) is 11.3 Å². The SMILES string of the molecule is Cc1scc(C(=O)Nc2c(F)cc(F)cc2Br)c1C. The highest BCUT2D eigenvalue weighted by molar-refractivity contribution is 9.10. The Labute approximate surface area is 121 Å². The fourth-order valence-corrected chi connectivity index (χ4v) is 2.95. The van der Waals surface area contributed by atoms with E-state index in [0.29, 0.717) is 5.56 Å². The van der Waals surface area contributed by atoms with E-state index in [4.69, 9.17) is 0 Å². The van der Waals surface area contributed by atoms with Crippen molar-refractivity contribution in [1.29, 1.82) is 0 Å². The Morgan fingerprint density at radius 2 is 2.00 bits per heavy atom. The minimum absolute atomic E-state index is 0.0605. The van der Waals surface area contributed by atoms with Crippen LogP contribution in [0.3, 0.4) is 0 Å². The van der Waals surface area contributed by atoms with E-state index in [9.17, 15) is 13.6 Å². The molecular formula is C13H10BrF2NOS. The lowest BCUT2D eigenvalue weighted by atomic mass is 10.1. The molecule has 1 amide bonds. The Hall–Kier alpha value is -1.27. The Morgan fingerprint density at radius 3 is 2.53 bits per heavy atom. The molecule has 0 saturated carbocycles. The number of benzene rings is 1. The van der Waals surface area contributed by atoms with Crippen molar-refractivity contribution in [3.05, 3.63) is 49.6 Å². The Morgan fingerprint density at radius 1 is 1.32 bits per heavy atom. The van der Waals surface area contributed by atoms with Crippen LogP contribution < -0.4 is 5.32 Å². The highest BCUT2D eigenvalue weighted by Gasteiger charge is 2.17. The number of anilines is 1. The Bertz CT molecular complexity index is 631. The third-order valence-electron chi connectivity index (χ3n) is 2.78. The van der Waals surface area contributed by atoms with Crippen molar-refractivity contribution >= 4 is 38.9 Å². The van der Waals surface area contributed by atoms with Gasteiger partial charge in [0.15, 0.2) is 5.82 Å². The van der Waals surface area contributed by atoms with Crippen LogP contribution in [-0.4, -0.2) is 5.91 Å². The molecule has 1 N–H and O–H groups in total. The zero-order valence-electron chi connectivity index (χ0n) is 10.2. The van der Waals surface area contributed by atoms with Crippen LogP contribution >= 0.6 is 27.3 Å². The normalized spacial score (nSPS) is 10.6. The number of rotatable bonds is 2. The highest BCUT2D eigenvalue weighted by Crippen LogP contribution is 2.28. The molecule has 1 aromatic heterocycles. The summed E-state index contributed by atoms with van der Waals surface area (Å²) in [5, 5.41) is 4.17. The maximum absolute atomic E-state index is 13.6. The van der Waals surface area contributed by atoms with Crippen molar-refractivity contribution in [2.75, 3.05) is 5.32 Å². The van der Waals surface area contributed by atoms with Crippen molar-refractivity contribution in [3.8, 4) is 0 Å². The van der Waals surface area contributed by atoms with Crippen LogP contribution in [0.5, 0.6) is 0 Å². The first-order valence-electron chi connectivity index (χ1n) is 5.40. The third-order valence-corrected chi connectivity index (χ3v) is 4.41. The summed E-state index contributed by atoms with van der Waals surface area (Å²) in [5.41, 5.74) is 1.30. The molecule has 0 spiro atoms. The van der Waals surface area contributed by atoms with E-state index >= 15 is 0 Å². The predicted molar refractivity (Wildman–Crippen MR) is 75.8 cm³/mol. The molecule has 0 atom stereocenters. The maximum atomic E-state index is 13.6. The second-order valence-corrected chi connectivity index (χ2v) is 5.97. The monoisotopic (exact) mass is 345 g/mol. The van der Waals surface area contributed by atoms with Crippen LogP contribution in [0.15, 0.2) is 22.0 Å². The van der Waals surface area contributed by atoms with E-state index in [0.717, 1.165) is 22.6 Å². The van der Waals surface area contributed by atoms with Crippen molar-refractivity contribution in [3.63, 3.8) is 0 Å². The van der Waals surface area contributed by atoms with Crippen molar-refractivity contribution in [2.45, 2.75) is 13.8 Å². The van der Waals surface area contributed by atoms with Gasteiger partial charge in [-0.25, -0.2) is 8.78 Å². The second-order valence-electron chi connectivity index (χ2n) is 4.03. The number of halogens is 3. The summed E-state index contributed by atoms with van der Waals surface area (Å²) in [6.07, 6.45) is 0. The van der Waals surface area contributed by atoms with Gasteiger partial charge in [0, 0.05) is 20.8 Å². The topological polar surface area (TPSA) is 29.1 Å². The molecule has 0 unspecified atom stereocenters. The maximum Gasteiger partial charge on any atom is 0.256 e. The van der Waals surface area contributed by atoms with Crippen molar-refractivity contribution in [1.82, 2.24) is 0 Å². The number of carbonyl (C=O) groups is 1. The van der Waals surface area contributed by atoms with Gasteiger partial charge in [-0.1, -0.05) is 0 Å². The van der Waals surface area contributed by atoms with E-state index in [1.54, 1.807) is 5.38 Å². The standard InChI is InChI=1S/C13H10BrF2NOS/c1-6-7(2)19-5-9(6)13(18)17-12-10(14)3-8(15)4-11(12)16/h3-5H,1-2H3,(H,17,18). The number of aryl methyl sites for hydroxylation is 1. The van der Waals surface area contributed by atoms with Gasteiger partial charge in [-0.2, -0.15) is 0 Å². The van der Waals surface area contributed by atoms with Crippen LogP contribution in [0.1, 0.15) is 20.8 Å². The molecule has 0 fully saturated rings. The molecule has 1 heterocycles. The summed E-state index contributed by atoms with van der Waals surface area (Å²) < 4.78 is 26.7. The molecule has 100 valence electrons. The fourth-order valence-electron chi connectivity index (χ4n) is 1.58. The molecule has 2 rings (SSSR count). The van der Waals surface area contributed by atoms with Gasteiger partial charge in [-0.15, -0.1) is 11.3 Å². The lowest BCUT2D eigenvalue weighted by Crippen LogP contribution is -2.14. The molecule has 19 heavy (non-hydrogen) atoms. The Balaban J connectivity index is 2.32. The smallest absolute Gasteiger partial charge is 0.256 e. The van der Waals surface area contributed by atoms with Gasteiger partial charge in [-0.05, 0) is 41.4 Å².